The maximum atomic E-state index is 10.5. The van der Waals surface area contributed by atoms with E-state index in [1.807, 2.05) is 0 Å². The third-order valence-electron chi connectivity index (χ3n) is 1.88. The number of carbonyl (C=O) groups excluding carboxylic acids is 4. The molecule has 22 heavy (non-hydrogen) atoms. The van der Waals surface area contributed by atoms with E-state index in [4.69, 9.17) is 9.59 Å². The van der Waals surface area contributed by atoms with Crippen molar-refractivity contribution < 1.29 is 28.7 Å². The van der Waals surface area contributed by atoms with Gasteiger partial charge in [0.25, 0.3) is 0 Å². The van der Waals surface area contributed by atoms with Crippen LogP contribution in [0.3, 0.4) is 0 Å². The Morgan fingerprint density at radius 2 is 0.864 bits per heavy atom. The maximum Gasteiger partial charge on any atom is 0.333 e. The average Bonchev–Trinajstić information content (AvgIpc) is 2.53. The molecule has 0 aliphatic heterocycles. The van der Waals surface area contributed by atoms with E-state index in [1.54, 1.807) is 39.8 Å². The highest BCUT2D eigenvalue weighted by Crippen LogP contribution is 1.92. The summed E-state index contributed by atoms with van der Waals surface area (Å²) in [6.45, 7) is 9.91. The zero-order chi connectivity index (χ0) is 18.6. The summed E-state index contributed by atoms with van der Waals surface area (Å²) in [5.41, 5.74) is 1.29. The summed E-state index contributed by atoms with van der Waals surface area (Å²) in [7, 11) is 2.74. The molecule has 0 aromatic carbocycles. The van der Waals surface area contributed by atoms with Gasteiger partial charge in [0.05, 0.1) is 14.2 Å². The van der Waals surface area contributed by atoms with Gasteiger partial charge in [0.15, 0.2) is 0 Å². The van der Waals surface area contributed by atoms with Crippen molar-refractivity contribution in [2.45, 2.75) is 41.5 Å². The highest BCUT2D eigenvalue weighted by Gasteiger charge is 1.98. The lowest BCUT2D eigenvalue weighted by Crippen LogP contribution is -2.00. The molecule has 0 radical (unpaired) electrons. The lowest BCUT2D eigenvalue weighted by molar-refractivity contribution is -0.136. The lowest BCUT2D eigenvalue weighted by Gasteiger charge is -1.93. The van der Waals surface area contributed by atoms with Crippen LogP contribution in [0.1, 0.15) is 41.5 Å². The number of ether oxygens (including phenoxy) is 2. The molecule has 0 bridgehead atoms. The van der Waals surface area contributed by atoms with Crippen LogP contribution in [0, 0.1) is 0 Å². The van der Waals surface area contributed by atoms with E-state index < -0.39 is 0 Å². The van der Waals surface area contributed by atoms with Gasteiger partial charge in [0, 0.05) is 11.1 Å². The molecular formula is C16H28O6. The first-order valence-corrected chi connectivity index (χ1v) is 6.49. The normalized spacial score (nSPS) is 9.27. The Labute approximate surface area is 133 Å². The minimum absolute atomic E-state index is 0.257. The predicted molar refractivity (Wildman–Crippen MR) is 86.4 cm³/mol. The Kier molecular flexibility index (Phi) is 30.3. The van der Waals surface area contributed by atoms with E-state index in [2.05, 4.69) is 9.47 Å². The second kappa shape index (κ2) is 23.8. The topological polar surface area (TPSA) is 86.7 Å². The van der Waals surface area contributed by atoms with Gasteiger partial charge < -0.3 is 19.1 Å². The van der Waals surface area contributed by atoms with Gasteiger partial charge in [0.2, 0.25) is 0 Å². The van der Waals surface area contributed by atoms with Crippen molar-refractivity contribution in [1.82, 2.24) is 0 Å². The molecule has 0 aromatic heterocycles. The number of rotatable bonds is 2. The molecule has 0 spiro atoms. The molecule has 0 saturated carbocycles. The van der Waals surface area contributed by atoms with Gasteiger partial charge in [-0.1, -0.05) is 12.2 Å². The van der Waals surface area contributed by atoms with Gasteiger partial charge >= 0.3 is 11.9 Å². The average molecular weight is 316 g/mol. The van der Waals surface area contributed by atoms with Crippen molar-refractivity contribution in [1.29, 1.82) is 0 Å². The van der Waals surface area contributed by atoms with E-state index in [9.17, 15) is 9.59 Å². The summed E-state index contributed by atoms with van der Waals surface area (Å²) in [4.78, 5) is 38.5. The van der Waals surface area contributed by atoms with Crippen LogP contribution >= 0.6 is 0 Å². The third kappa shape index (κ3) is 26.3. The summed E-state index contributed by atoms with van der Waals surface area (Å²) in [6, 6.07) is 0. The largest absolute Gasteiger partial charge is 0.466 e. The Balaban J connectivity index is -0.000000109. The first kappa shape index (κ1) is 28.0. The molecule has 0 unspecified atom stereocenters. The summed E-state index contributed by atoms with van der Waals surface area (Å²) >= 11 is 0. The highest BCUT2D eigenvalue weighted by molar-refractivity contribution is 5.87. The standard InChI is InChI=1S/2C6H10O2.2C2H4O/c2*1-4-5(2)6(7)8-3;2*1-2-3/h2*4H,1-3H3;2*2H,1H3/b5-4+;5-4-;;. The van der Waals surface area contributed by atoms with Crippen molar-refractivity contribution in [2.24, 2.45) is 0 Å². The minimum atomic E-state index is -0.257. The summed E-state index contributed by atoms with van der Waals surface area (Å²) in [5.74, 6) is -0.514. The minimum Gasteiger partial charge on any atom is -0.466 e. The Morgan fingerprint density at radius 3 is 0.909 bits per heavy atom. The van der Waals surface area contributed by atoms with E-state index >= 15 is 0 Å². The van der Waals surface area contributed by atoms with Crippen LogP contribution in [0.2, 0.25) is 0 Å². The van der Waals surface area contributed by atoms with Gasteiger partial charge in [-0.2, -0.15) is 0 Å². The Hall–Kier alpha value is -2.24. The fourth-order valence-corrected chi connectivity index (χ4v) is 0.558. The van der Waals surface area contributed by atoms with Crippen molar-refractivity contribution in [3.63, 3.8) is 0 Å². The van der Waals surface area contributed by atoms with Crippen LogP contribution in [-0.2, 0) is 28.7 Å². The Morgan fingerprint density at radius 1 is 0.682 bits per heavy atom. The number of allylic oxidation sites excluding steroid dienone is 2. The van der Waals surface area contributed by atoms with Gasteiger partial charge in [-0.15, -0.1) is 0 Å². The van der Waals surface area contributed by atoms with Crippen molar-refractivity contribution in [2.75, 3.05) is 14.2 Å². The molecule has 6 nitrogen and oxygen atoms in total. The molecule has 0 heterocycles. The summed E-state index contributed by atoms with van der Waals surface area (Å²) < 4.78 is 8.79. The number of esters is 2. The fourth-order valence-electron chi connectivity index (χ4n) is 0.558. The van der Waals surface area contributed by atoms with Crippen molar-refractivity contribution in [3.05, 3.63) is 23.3 Å². The second-order valence-electron chi connectivity index (χ2n) is 3.40. The van der Waals surface area contributed by atoms with Crippen LogP contribution in [0.4, 0.5) is 0 Å². The van der Waals surface area contributed by atoms with Gasteiger partial charge in [0.1, 0.15) is 12.6 Å². The number of aldehydes is 2. The first-order chi connectivity index (χ1) is 10.3. The summed E-state index contributed by atoms with van der Waals surface area (Å²) in [6.07, 6.45) is 4.93. The van der Waals surface area contributed by atoms with Crippen LogP contribution in [0.25, 0.3) is 0 Å². The molecule has 128 valence electrons. The summed E-state index contributed by atoms with van der Waals surface area (Å²) in [5, 5.41) is 0. The molecule has 0 amide bonds. The van der Waals surface area contributed by atoms with Crippen LogP contribution < -0.4 is 0 Å². The van der Waals surface area contributed by atoms with Gasteiger partial charge in [-0.25, -0.2) is 9.59 Å². The SMILES string of the molecule is C/C=C(/C)C(=O)OC.C/C=C(\C)C(=O)OC.CC=O.CC=O. The number of hydrogen-bond donors (Lipinski definition) is 0. The lowest BCUT2D eigenvalue weighted by atomic mass is 10.3. The van der Waals surface area contributed by atoms with E-state index in [0.29, 0.717) is 11.1 Å². The molecule has 0 saturated heterocycles. The third-order valence-corrected chi connectivity index (χ3v) is 1.88. The van der Waals surface area contributed by atoms with Crippen LogP contribution in [0.15, 0.2) is 23.3 Å². The van der Waals surface area contributed by atoms with Crippen molar-refractivity contribution in [3.8, 4) is 0 Å². The zero-order valence-corrected chi connectivity index (χ0v) is 14.8. The smallest absolute Gasteiger partial charge is 0.333 e. The number of methoxy groups -OCH3 is 2. The fraction of sp³-hybridized carbons (Fsp3) is 0.500. The van der Waals surface area contributed by atoms with Gasteiger partial charge in [-0.05, 0) is 41.5 Å². The molecular weight excluding hydrogens is 288 g/mol. The molecule has 0 aromatic rings. The molecule has 0 N–H and O–H groups in total. The van der Waals surface area contributed by atoms with E-state index in [1.165, 1.54) is 28.1 Å². The first-order valence-electron chi connectivity index (χ1n) is 6.49. The highest BCUT2D eigenvalue weighted by atomic mass is 16.5. The van der Waals surface area contributed by atoms with Crippen LogP contribution in [-0.4, -0.2) is 38.7 Å². The maximum absolute atomic E-state index is 10.5. The number of carbonyl (C=O) groups is 4. The van der Waals surface area contributed by atoms with Crippen LogP contribution in [0.5, 0.6) is 0 Å². The molecule has 0 atom stereocenters. The monoisotopic (exact) mass is 316 g/mol. The van der Waals surface area contributed by atoms with Crippen molar-refractivity contribution >= 4 is 24.5 Å². The molecule has 6 heteroatoms. The number of hydrogen-bond acceptors (Lipinski definition) is 6. The van der Waals surface area contributed by atoms with E-state index in [-0.39, 0.29) is 11.9 Å². The molecule has 0 fully saturated rings. The van der Waals surface area contributed by atoms with Gasteiger partial charge in [-0.3, -0.25) is 0 Å². The predicted octanol–water partition coefficient (Wildman–Crippen LogP) is 2.66. The zero-order valence-electron chi connectivity index (χ0n) is 14.8. The molecule has 0 aliphatic carbocycles. The second-order valence-corrected chi connectivity index (χ2v) is 3.40. The molecule has 0 aliphatic rings. The Bertz CT molecular complexity index is 331. The van der Waals surface area contributed by atoms with E-state index in [0.717, 1.165) is 12.6 Å². The quantitative estimate of drug-likeness (QED) is 0.442. The molecule has 0 rings (SSSR count).